The Morgan fingerprint density at radius 1 is 1.15 bits per heavy atom. The van der Waals surface area contributed by atoms with E-state index in [1.54, 1.807) is 34.1 Å². The van der Waals surface area contributed by atoms with Crippen molar-refractivity contribution in [1.29, 1.82) is 5.41 Å². The highest BCUT2D eigenvalue weighted by molar-refractivity contribution is 6.42. The van der Waals surface area contributed by atoms with E-state index in [1.165, 1.54) is 12.1 Å². The van der Waals surface area contributed by atoms with Crippen LogP contribution in [-0.4, -0.2) is 78.5 Å². The Bertz CT molecular complexity index is 1280. The third kappa shape index (κ3) is 7.14. The van der Waals surface area contributed by atoms with E-state index in [9.17, 15) is 22.8 Å². The first-order valence-corrected chi connectivity index (χ1v) is 12.8. The second-order valence-electron chi connectivity index (χ2n) is 9.35. The first kappa shape index (κ1) is 28.5. The molecule has 2 aliphatic rings. The number of nitrogens with two attached hydrogens (primary N) is 1. The molecular weight excluding hydrogens is 535 g/mol. The summed E-state index contributed by atoms with van der Waals surface area (Å²) in [7, 11) is 0. The van der Waals surface area contributed by atoms with Crippen LogP contribution in [0.1, 0.15) is 27.9 Å². The predicted octanol–water partition coefficient (Wildman–Crippen LogP) is 2.99. The molecule has 1 fully saturated rings. The first-order valence-electron chi connectivity index (χ1n) is 12.4. The molecular formula is C26H29ClF3N7O2. The van der Waals surface area contributed by atoms with Crippen LogP contribution in [0.4, 0.5) is 18.9 Å². The van der Waals surface area contributed by atoms with Crippen molar-refractivity contribution in [3.05, 3.63) is 64.2 Å². The number of hydrogen-bond donors (Lipinski definition) is 4. The number of piperazine rings is 1. The van der Waals surface area contributed by atoms with E-state index < -0.39 is 23.7 Å². The first-order chi connectivity index (χ1) is 18.5. The number of halogens is 4. The lowest BCUT2D eigenvalue weighted by Crippen LogP contribution is -2.50. The van der Waals surface area contributed by atoms with Gasteiger partial charge in [0.2, 0.25) is 0 Å². The third-order valence-electron chi connectivity index (χ3n) is 6.65. The van der Waals surface area contributed by atoms with Gasteiger partial charge in [-0.05, 0) is 42.0 Å². The van der Waals surface area contributed by atoms with Gasteiger partial charge in [0, 0.05) is 62.0 Å². The molecule has 0 radical (unpaired) electrons. The monoisotopic (exact) mass is 563 g/mol. The Balaban J connectivity index is 1.44. The average molecular weight is 564 g/mol. The molecule has 0 aromatic heterocycles. The fourth-order valence-corrected chi connectivity index (χ4v) is 4.83. The lowest BCUT2D eigenvalue weighted by Gasteiger charge is -2.34. The average Bonchev–Trinajstić information content (AvgIpc) is 2.90. The molecule has 39 heavy (non-hydrogen) atoms. The number of nitrogens with one attached hydrogen (secondary N) is 3. The fourth-order valence-electron chi connectivity index (χ4n) is 4.64. The SMILES string of the molecule is N=C(CC1C(N)=NCCN1Cc1cc(Cl)ccc1C(F)(F)F)C(=O)Nc1cccc(C(=O)N2CCNCC2)c1. The molecule has 13 heteroatoms. The minimum absolute atomic E-state index is 0.0309. The highest BCUT2D eigenvalue weighted by Gasteiger charge is 2.35. The molecule has 9 nitrogen and oxygen atoms in total. The number of amidine groups is 1. The number of benzene rings is 2. The molecule has 1 saturated heterocycles. The number of alkyl halides is 3. The quantitative estimate of drug-likeness (QED) is 0.385. The van der Waals surface area contributed by atoms with Gasteiger partial charge in [-0.25, -0.2) is 0 Å². The van der Waals surface area contributed by atoms with Crippen molar-refractivity contribution in [2.45, 2.75) is 25.2 Å². The number of carbonyl (C=O) groups excluding carboxylic acids is 2. The number of rotatable bonds is 7. The van der Waals surface area contributed by atoms with Crippen molar-refractivity contribution in [2.24, 2.45) is 10.7 Å². The molecule has 208 valence electrons. The summed E-state index contributed by atoms with van der Waals surface area (Å²) in [5.41, 5.74) is 5.68. The summed E-state index contributed by atoms with van der Waals surface area (Å²) < 4.78 is 40.8. The molecule has 2 aliphatic heterocycles. The summed E-state index contributed by atoms with van der Waals surface area (Å²) in [4.78, 5) is 33.2. The van der Waals surface area contributed by atoms with Gasteiger partial charge in [0.25, 0.3) is 11.8 Å². The van der Waals surface area contributed by atoms with Crippen molar-refractivity contribution in [3.63, 3.8) is 0 Å². The maximum atomic E-state index is 13.6. The van der Waals surface area contributed by atoms with Crippen LogP contribution in [0.5, 0.6) is 0 Å². The Morgan fingerprint density at radius 2 is 1.90 bits per heavy atom. The normalized spacial score (nSPS) is 18.4. The van der Waals surface area contributed by atoms with E-state index in [0.29, 0.717) is 44.0 Å². The minimum atomic E-state index is -4.57. The van der Waals surface area contributed by atoms with Gasteiger partial charge >= 0.3 is 6.18 Å². The molecule has 4 rings (SSSR count). The molecule has 1 atom stereocenters. The van der Waals surface area contributed by atoms with Gasteiger partial charge in [-0.3, -0.25) is 24.9 Å². The van der Waals surface area contributed by atoms with Gasteiger partial charge in [-0.15, -0.1) is 0 Å². The molecule has 5 N–H and O–H groups in total. The number of nitrogens with zero attached hydrogens (tertiary/aromatic N) is 3. The maximum Gasteiger partial charge on any atom is 0.416 e. The Hall–Kier alpha value is -3.48. The number of anilines is 1. The molecule has 2 aromatic rings. The third-order valence-corrected chi connectivity index (χ3v) is 6.89. The van der Waals surface area contributed by atoms with Crippen molar-refractivity contribution >= 4 is 40.6 Å². The van der Waals surface area contributed by atoms with Crippen LogP contribution in [-0.2, 0) is 17.5 Å². The summed E-state index contributed by atoms with van der Waals surface area (Å²) >= 11 is 5.98. The fraction of sp³-hybridized carbons (Fsp3) is 0.385. The Kier molecular flexibility index (Phi) is 8.88. The maximum absolute atomic E-state index is 13.6. The largest absolute Gasteiger partial charge is 0.416 e. The van der Waals surface area contributed by atoms with Crippen LogP contribution < -0.4 is 16.4 Å². The summed E-state index contributed by atoms with van der Waals surface area (Å²) in [5.74, 6) is -0.722. The molecule has 2 aromatic carbocycles. The Morgan fingerprint density at radius 3 is 2.62 bits per heavy atom. The molecule has 2 heterocycles. The van der Waals surface area contributed by atoms with Crippen LogP contribution in [0, 0.1) is 5.41 Å². The van der Waals surface area contributed by atoms with Gasteiger partial charge in [-0.1, -0.05) is 17.7 Å². The van der Waals surface area contributed by atoms with Gasteiger partial charge in [0.1, 0.15) is 5.84 Å². The van der Waals surface area contributed by atoms with Gasteiger partial charge in [0.15, 0.2) is 0 Å². The molecule has 0 saturated carbocycles. The second kappa shape index (κ2) is 12.1. The summed E-state index contributed by atoms with van der Waals surface area (Å²) in [6.07, 6.45) is -4.74. The second-order valence-corrected chi connectivity index (χ2v) is 9.79. The zero-order valence-electron chi connectivity index (χ0n) is 21.0. The lowest BCUT2D eigenvalue weighted by molar-refractivity contribution is -0.138. The van der Waals surface area contributed by atoms with Crippen LogP contribution >= 0.6 is 11.6 Å². The van der Waals surface area contributed by atoms with E-state index in [1.807, 2.05) is 0 Å². The van der Waals surface area contributed by atoms with Gasteiger partial charge < -0.3 is 21.3 Å². The van der Waals surface area contributed by atoms with Gasteiger partial charge in [0.05, 0.1) is 23.9 Å². The highest BCUT2D eigenvalue weighted by atomic mass is 35.5. The van der Waals surface area contributed by atoms with Crippen molar-refractivity contribution < 1.29 is 22.8 Å². The van der Waals surface area contributed by atoms with Crippen LogP contribution in [0.15, 0.2) is 47.5 Å². The molecule has 1 unspecified atom stereocenters. The minimum Gasteiger partial charge on any atom is -0.386 e. The van der Waals surface area contributed by atoms with Crippen LogP contribution in [0.2, 0.25) is 5.02 Å². The van der Waals surface area contributed by atoms with Crippen molar-refractivity contribution in [1.82, 2.24) is 15.1 Å². The lowest BCUT2D eigenvalue weighted by atomic mass is 10.0. The van der Waals surface area contributed by atoms with E-state index in [2.05, 4.69) is 15.6 Å². The number of amides is 2. The zero-order chi connectivity index (χ0) is 28.2. The van der Waals surface area contributed by atoms with Crippen molar-refractivity contribution in [2.75, 3.05) is 44.6 Å². The van der Waals surface area contributed by atoms with E-state index >= 15 is 0 Å². The van der Waals surface area contributed by atoms with Crippen LogP contribution in [0.3, 0.4) is 0 Å². The zero-order valence-corrected chi connectivity index (χ0v) is 21.8. The molecule has 2 amide bonds. The predicted molar refractivity (Wildman–Crippen MR) is 143 cm³/mol. The number of hydrogen-bond acceptors (Lipinski definition) is 7. The topological polar surface area (TPSA) is 127 Å². The molecule has 0 bridgehead atoms. The van der Waals surface area contributed by atoms with E-state index in [-0.39, 0.29) is 47.6 Å². The number of aliphatic imine (C=N–C) groups is 1. The Labute approximate surface area is 228 Å². The molecule has 0 spiro atoms. The number of carbonyl (C=O) groups is 2. The van der Waals surface area contributed by atoms with Gasteiger partial charge in [-0.2, -0.15) is 13.2 Å². The summed E-state index contributed by atoms with van der Waals surface area (Å²) in [6.45, 7) is 3.01. The smallest absolute Gasteiger partial charge is 0.386 e. The van der Waals surface area contributed by atoms with Crippen molar-refractivity contribution in [3.8, 4) is 0 Å². The van der Waals surface area contributed by atoms with E-state index in [4.69, 9.17) is 22.7 Å². The standard InChI is InChI=1S/C26H29ClF3N7O2/c27-18-4-5-20(26(28,29)30)17(12-18)15-37-11-8-34-23(32)22(37)14-21(31)24(38)35-19-3-1-2-16(13-19)25(39)36-9-6-33-7-10-36/h1-5,12-13,22,31,33H,6-11,14-15H2,(H2,32,34)(H,35,38). The highest BCUT2D eigenvalue weighted by Crippen LogP contribution is 2.34. The van der Waals surface area contributed by atoms with Crippen LogP contribution in [0.25, 0.3) is 0 Å². The summed E-state index contributed by atoms with van der Waals surface area (Å²) in [6, 6.07) is 9.09. The summed E-state index contributed by atoms with van der Waals surface area (Å²) in [5, 5.41) is 14.4. The molecule has 0 aliphatic carbocycles. The van der Waals surface area contributed by atoms with E-state index in [0.717, 1.165) is 6.07 Å².